The molecule has 2 aromatic heterocycles. The SMILES string of the molecule is CC(NS(=O)(=O)c1ccc(CN)s1)c1ccc(Cl)s1. The number of nitrogens with two attached hydrogens (primary N) is 1. The minimum Gasteiger partial charge on any atom is -0.326 e. The first kappa shape index (κ1) is 15.0. The molecule has 0 amide bonds. The van der Waals surface area contributed by atoms with Crippen LogP contribution in [0, 0.1) is 0 Å². The molecule has 2 heterocycles. The van der Waals surface area contributed by atoms with Gasteiger partial charge in [-0.05, 0) is 31.2 Å². The molecule has 1 atom stereocenters. The normalized spacial score (nSPS) is 13.6. The van der Waals surface area contributed by atoms with Crippen LogP contribution in [0.3, 0.4) is 0 Å². The fraction of sp³-hybridized carbons (Fsp3) is 0.273. The average Bonchev–Trinajstić information content (AvgIpc) is 2.96. The van der Waals surface area contributed by atoms with Crippen LogP contribution in [0.4, 0.5) is 0 Å². The number of rotatable bonds is 5. The largest absolute Gasteiger partial charge is 0.326 e. The number of nitrogens with one attached hydrogen (secondary N) is 1. The smallest absolute Gasteiger partial charge is 0.250 e. The van der Waals surface area contributed by atoms with Crippen LogP contribution in [0.15, 0.2) is 28.5 Å². The van der Waals surface area contributed by atoms with Crippen molar-refractivity contribution < 1.29 is 8.42 Å². The number of thiophene rings is 2. The van der Waals surface area contributed by atoms with Crippen LogP contribution in [0.2, 0.25) is 4.34 Å². The van der Waals surface area contributed by atoms with Crippen molar-refractivity contribution in [2.45, 2.75) is 23.7 Å². The van der Waals surface area contributed by atoms with Crippen molar-refractivity contribution in [3.8, 4) is 0 Å². The maximum Gasteiger partial charge on any atom is 0.250 e. The Bertz CT molecular complexity index is 663. The highest BCUT2D eigenvalue weighted by Gasteiger charge is 2.21. The van der Waals surface area contributed by atoms with Gasteiger partial charge in [0, 0.05) is 16.3 Å². The van der Waals surface area contributed by atoms with Gasteiger partial charge in [-0.15, -0.1) is 22.7 Å². The molecule has 3 N–H and O–H groups in total. The first-order valence-electron chi connectivity index (χ1n) is 5.48. The van der Waals surface area contributed by atoms with Crippen LogP contribution in [0.5, 0.6) is 0 Å². The second-order valence-electron chi connectivity index (χ2n) is 3.91. The third kappa shape index (κ3) is 3.56. The van der Waals surface area contributed by atoms with E-state index in [4.69, 9.17) is 17.3 Å². The molecule has 19 heavy (non-hydrogen) atoms. The van der Waals surface area contributed by atoms with Crippen LogP contribution in [0.1, 0.15) is 22.7 Å². The molecule has 2 rings (SSSR count). The molecule has 4 nitrogen and oxygen atoms in total. The fourth-order valence-corrected chi connectivity index (χ4v) is 5.13. The van der Waals surface area contributed by atoms with Gasteiger partial charge in [-0.25, -0.2) is 13.1 Å². The van der Waals surface area contributed by atoms with Crippen molar-refractivity contribution in [2.75, 3.05) is 0 Å². The maximum atomic E-state index is 12.2. The van der Waals surface area contributed by atoms with Crippen LogP contribution in [-0.4, -0.2) is 8.42 Å². The summed E-state index contributed by atoms with van der Waals surface area (Å²) in [5.74, 6) is 0. The zero-order valence-electron chi connectivity index (χ0n) is 10.1. The third-order valence-electron chi connectivity index (χ3n) is 2.46. The summed E-state index contributed by atoms with van der Waals surface area (Å²) >= 11 is 8.39. The average molecular weight is 337 g/mol. The van der Waals surface area contributed by atoms with Crippen molar-refractivity contribution in [1.29, 1.82) is 0 Å². The Morgan fingerprint density at radius 1 is 1.32 bits per heavy atom. The number of halogens is 1. The minimum atomic E-state index is -3.51. The van der Waals surface area contributed by atoms with Gasteiger partial charge in [0.05, 0.1) is 10.4 Å². The van der Waals surface area contributed by atoms with Gasteiger partial charge >= 0.3 is 0 Å². The molecular weight excluding hydrogens is 324 g/mol. The molecule has 0 fully saturated rings. The summed E-state index contributed by atoms with van der Waals surface area (Å²) in [6, 6.07) is 6.56. The van der Waals surface area contributed by atoms with E-state index >= 15 is 0 Å². The van der Waals surface area contributed by atoms with Crippen molar-refractivity contribution in [1.82, 2.24) is 4.72 Å². The monoisotopic (exact) mass is 336 g/mol. The number of sulfonamides is 1. The lowest BCUT2D eigenvalue weighted by molar-refractivity contribution is 0.570. The Labute approximate surface area is 125 Å². The quantitative estimate of drug-likeness (QED) is 0.881. The van der Waals surface area contributed by atoms with E-state index in [9.17, 15) is 8.42 Å². The second-order valence-corrected chi connectivity index (χ2v) is 8.77. The van der Waals surface area contributed by atoms with Crippen LogP contribution in [0.25, 0.3) is 0 Å². The molecule has 0 spiro atoms. The van der Waals surface area contributed by atoms with Gasteiger partial charge < -0.3 is 5.73 Å². The lowest BCUT2D eigenvalue weighted by Crippen LogP contribution is -2.25. The fourth-order valence-electron chi connectivity index (χ4n) is 1.52. The van der Waals surface area contributed by atoms with Crippen molar-refractivity contribution in [2.24, 2.45) is 5.73 Å². The highest BCUT2D eigenvalue weighted by molar-refractivity contribution is 7.91. The highest BCUT2D eigenvalue weighted by Crippen LogP contribution is 2.28. The molecule has 0 aromatic carbocycles. The molecule has 0 aliphatic rings. The Balaban J connectivity index is 2.17. The molecule has 0 saturated carbocycles. The molecule has 104 valence electrons. The maximum absolute atomic E-state index is 12.2. The summed E-state index contributed by atoms with van der Waals surface area (Å²) in [7, 11) is -3.51. The van der Waals surface area contributed by atoms with Gasteiger partial charge in [0.25, 0.3) is 10.0 Å². The Morgan fingerprint density at radius 2 is 2.05 bits per heavy atom. The van der Waals surface area contributed by atoms with E-state index in [1.165, 1.54) is 22.7 Å². The molecule has 0 aliphatic heterocycles. The lowest BCUT2D eigenvalue weighted by Gasteiger charge is -2.11. The van der Waals surface area contributed by atoms with Crippen molar-refractivity contribution in [3.05, 3.63) is 38.4 Å². The van der Waals surface area contributed by atoms with Crippen LogP contribution >= 0.6 is 34.3 Å². The first-order valence-corrected chi connectivity index (χ1v) is 8.98. The summed E-state index contributed by atoms with van der Waals surface area (Å²) in [5, 5.41) is 0. The van der Waals surface area contributed by atoms with E-state index in [0.717, 1.165) is 9.75 Å². The van der Waals surface area contributed by atoms with Crippen molar-refractivity contribution in [3.63, 3.8) is 0 Å². The van der Waals surface area contributed by atoms with E-state index in [2.05, 4.69) is 4.72 Å². The first-order chi connectivity index (χ1) is 8.92. The zero-order chi connectivity index (χ0) is 14.0. The topological polar surface area (TPSA) is 72.2 Å². The van der Waals surface area contributed by atoms with E-state index < -0.39 is 10.0 Å². The van der Waals surface area contributed by atoms with Gasteiger partial charge in [0.15, 0.2) is 0 Å². The van der Waals surface area contributed by atoms with Gasteiger partial charge in [-0.2, -0.15) is 0 Å². The molecule has 0 bridgehead atoms. The van der Waals surface area contributed by atoms with Crippen LogP contribution < -0.4 is 10.5 Å². The predicted molar refractivity (Wildman–Crippen MR) is 80.3 cm³/mol. The summed E-state index contributed by atoms with van der Waals surface area (Å²) in [5.41, 5.74) is 5.48. The molecule has 2 aromatic rings. The summed E-state index contributed by atoms with van der Waals surface area (Å²) < 4.78 is 27.9. The lowest BCUT2D eigenvalue weighted by atomic mass is 10.3. The summed E-state index contributed by atoms with van der Waals surface area (Å²) in [6.07, 6.45) is 0. The molecule has 0 saturated heterocycles. The summed E-state index contributed by atoms with van der Waals surface area (Å²) in [6.45, 7) is 2.13. The Hall–Kier alpha value is -0.440. The molecule has 8 heteroatoms. The van der Waals surface area contributed by atoms with Gasteiger partial charge in [0.2, 0.25) is 0 Å². The van der Waals surface area contributed by atoms with Gasteiger partial charge in [-0.3, -0.25) is 0 Å². The summed E-state index contributed by atoms with van der Waals surface area (Å²) in [4.78, 5) is 1.72. The molecular formula is C11H13ClN2O2S3. The van der Waals surface area contributed by atoms with Crippen LogP contribution in [-0.2, 0) is 16.6 Å². The van der Waals surface area contributed by atoms with E-state index in [-0.39, 0.29) is 10.3 Å². The number of hydrogen-bond donors (Lipinski definition) is 2. The van der Waals surface area contributed by atoms with E-state index in [0.29, 0.717) is 10.9 Å². The van der Waals surface area contributed by atoms with E-state index in [1.54, 1.807) is 25.1 Å². The minimum absolute atomic E-state index is 0.280. The van der Waals surface area contributed by atoms with Crippen molar-refractivity contribution >= 4 is 44.3 Å². The second kappa shape index (κ2) is 5.90. The Morgan fingerprint density at radius 3 is 2.58 bits per heavy atom. The van der Waals surface area contributed by atoms with E-state index in [1.807, 2.05) is 6.07 Å². The highest BCUT2D eigenvalue weighted by atomic mass is 35.5. The molecule has 1 unspecified atom stereocenters. The van der Waals surface area contributed by atoms with Gasteiger partial charge in [0.1, 0.15) is 4.21 Å². The molecule has 0 aliphatic carbocycles. The Kier molecular flexibility index (Phi) is 4.65. The predicted octanol–water partition coefficient (Wildman–Crippen LogP) is 2.96. The molecule has 0 radical (unpaired) electrons. The third-order valence-corrected chi connectivity index (χ3v) is 7.01. The zero-order valence-corrected chi connectivity index (χ0v) is 13.3. The van der Waals surface area contributed by atoms with Gasteiger partial charge in [-0.1, -0.05) is 11.6 Å². The number of hydrogen-bond acceptors (Lipinski definition) is 5. The standard InChI is InChI=1S/C11H13ClN2O2S3/c1-7(9-3-4-10(12)18-9)14-19(15,16)11-5-2-8(6-13)17-11/h2-5,7,14H,6,13H2,1H3.